The zero-order valence-corrected chi connectivity index (χ0v) is 12.1. The number of nitrogens with two attached hydrogens (primary N) is 1. The van der Waals surface area contributed by atoms with Crippen molar-refractivity contribution in [3.8, 4) is 0 Å². The third kappa shape index (κ3) is 2.83. The summed E-state index contributed by atoms with van der Waals surface area (Å²) < 4.78 is 0. The molecule has 0 fully saturated rings. The molecule has 0 atom stereocenters. The van der Waals surface area contributed by atoms with Crippen LogP contribution in [-0.4, -0.2) is 19.0 Å². The maximum Gasteiger partial charge on any atom is 0.228 e. The second kappa shape index (κ2) is 6.10. The van der Waals surface area contributed by atoms with Gasteiger partial charge in [-0.25, -0.2) is 0 Å². The second-order valence-corrected chi connectivity index (χ2v) is 5.38. The van der Waals surface area contributed by atoms with Crippen LogP contribution >= 0.6 is 0 Å². The number of allylic oxidation sites excluding steroid dienone is 3. The first-order valence-corrected chi connectivity index (χ1v) is 7.46. The molecule has 0 radical (unpaired) electrons. The fourth-order valence-corrected chi connectivity index (χ4v) is 2.87. The van der Waals surface area contributed by atoms with Gasteiger partial charge in [0.05, 0.1) is 12.2 Å². The van der Waals surface area contributed by atoms with E-state index >= 15 is 0 Å². The largest absolute Gasteiger partial charge is 0.330 e. The first kappa shape index (κ1) is 13.8. The van der Waals surface area contributed by atoms with Crippen molar-refractivity contribution in [2.45, 2.75) is 19.3 Å². The van der Waals surface area contributed by atoms with Crippen molar-refractivity contribution < 1.29 is 4.79 Å². The molecule has 2 N–H and O–H groups in total. The molecule has 1 aromatic rings. The third-order valence-corrected chi connectivity index (χ3v) is 3.95. The van der Waals surface area contributed by atoms with E-state index in [1.54, 1.807) is 0 Å². The molecule has 0 saturated carbocycles. The van der Waals surface area contributed by atoms with E-state index in [0.29, 0.717) is 19.5 Å². The fraction of sp³-hybridized carbons (Fsp3) is 0.278. The molecule has 1 heterocycles. The monoisotopic (exact) mass is 280 g/mol. The molecule has 1 aliphatic carbocycles. The van der Waals surface area contributed by atoms with E-state index in [2.05, 4.69) is 24.3 Å². The Hall–Kier alpha value is -2.13. The zero-order chi connectivity index (χ0) is 14.7. The third-order valence-electron chi connectivity index (χ3n) is 3.95. The van der Waals surface area contributed by atoms with Gasteiger partial charge in [-0.2, -0.15) is 0 Å². The molecule has 108 valence electrons. The summed E-state index contributed by atoms with van der Waals surface area (Å²) >= 11 is 0. The first-order chi connectivity index (χ1) is 10.3. The van der Waals surface area contributed by atoms with Crippen molar-refractivity contribution in [1.29, 1.82) is 0 Å². The number of benzene rings is 1. The highest BCUT2D eigenvalue weighted by atomic mass is 16.2. The lowest BCUT2D eigenvalue weighted by Crippen LogP contribution is -2.35. The van der Waals surface area contributed by atoms with Crippen LogP contribution in [0, 0.1) is 0 Å². The van der Waals surface area contributed by atoms with Gasteiger partial charge in [0.25, 0.3) is 0 Å². The Balaban J connectivity index is 2.06. The van der Waals surface area contributed by atoms with E-state index in [9.17, 15) is 4.79 Å². The van der Waals surface area contributed by atoms with Gasteiger partial charge in [-0.1, -0.05) is 42.5 Å². The Kier molecular flexibility index (Phi) is 4.02. The highest BCUT2D eigenvalue weighted by Crippen LogP contribution is 2.30. The molecule has 1 aliphatic heterocycles. The molecule has 3 rings (SSSR count). The molecule has 3 heteroatoms. The van der Waals surface area contributed by atoms with Crippen LogP contribution in [-0.2, 0) is 4.79 Å². The first-order valence-electron chi connectivity index (χ1n) is 7.46. The van der Waals surface area contributed by atoms with E-state index in [1.807, 2.05) is 29.2 Å². The van der Waals surface area contributed by atoms with Crippen molar-refractivity contribution >= 4 is 17.7 Å². The number of nitrogens with zero attached hydrogens (tertiary/aromatic N) is 1. The molecular formula is C18H20N2O. The highest BCUT2D eigenvalue weighted by molar-refractivity contribution is 5.96. The summed E-state index contributed by atoms with van der Waals surface area (Å²) in [5, 5.41) is 0. The van der Waals surface area contributed by atoms with E-state index in [0.717, 1.165) is 24.1 Å². The predicted octanol–water partition coefficient (Wildman–Crippen LogP) is 3.04. The molecule has 21 heavy (non-hydrogen) atoms. The van der Waals surface area contributed by atoms with Gasteiger partial charge >= 0.3 is 0 Å². The number of hydrogen-bond acceptors (Lipinski definition) is 2. The van der Waals surface area contributed by atoms with Gasteiger partial charge in [0.2, 0.25) is 5.91 Å². The van der Waals surface area contributed by atoms with Crippen molar-refractivity contribution in [3.63, 3.8) is 0 Å². The van der Waals surface area contributed by atoms with Gasteiger partial charge in [0.15, 0.2) is 0 Å². The lowest BCUT2D eigenvalue weighted by atomic mass is 9.94. The summed E-state index contributed by atoms with van der Waals surface area (Å²) in [7, 11) is 0. The smallest absolute Gasteiger partial charge is 0.228 e. The summed E-state index contributed by atoms with van der Waals surface area (Å²) in [6, 6.07) is 8.03. The number of anilines is 1. The topological polar surface area (TPSA) is 46.3 Å². The van der Waals surface area contributed by atoms with Crippen LogP contribution in [0.2, 0.25) is 0 Å². The molecule has 2 aliphatic rings. The number of hydrogen-bond donors (Lipinski definition) is 1. The van der Waals surface area contributed by atoms with E-state index in [1.165, 1.54) is 11.1 Å². The Labute approximate surface area is 125 Å². The summed E-state index contributed by atoms with van der Waals surface area (Å²) in [6.45, 7) is 1.01. The lowest BCUT2D eigenvalue weighted by Gasteiger charge is -2.29. The highest BCUT2D eigenvalue weighted by Gasteiger charge is 2.21. The molecule has 0 unspecified atom stereocenters. The van der Waals surface area contributed by atoms with Crippen LogP contribution in [0.15, 0.2) is 53.6 Å². The Bertz CT molecular complexity index is 640. The molecule has 1 aromatic carbocycles. The maximum absolute atomic E-state index is 12.5. The number of para-hydroxylation sites is 1. The van der Waals surface area contributed by atoms with Crippen LogP contribution in [0.3, 0.4) is 0 Å². The van der Waals surface area contributed by atoms with Crippen molar-refractivity contribution in [3.05, 3.63) is 59.2 Å². The van der Waals surface area contributed by atoms with Crippen molar-refractivity contribution in [2.75, 3.05) is 18.0 Å². The van der Waals surface area contributed by atoms with Crippen LogP contribution < -0.4 is 10.6 Å². The van der Waals surface area contributed by atoms with Crippen molar-refractivity contribution in [1.82, 2.24) is 0 Å². The SMILES string of the molecule is NCCC(=O)N1CC2=CCCC=C2/C=C\c2ccccc21. The maximum atomic E-state index is 12.5. The standard InChI is InChI=1S/C18H20N2O/c19-12-11-18(21)20-13-16-7-2-1-5-14(16)9-10-15-6-3-4-8-17(15)20/h3-10H,1-2,11-13,19H2/b10-9-. The molecule has 0 aromatic heterocycles. The molecule has 0 spiro atoms. The summed E-state index contributed by atoms with van der Waals surface area (Å²) in [5.41, 5.74) is 10.1. The van der Waals surface area contributed by atoms with Gasteiger partial charge in [-0.05, 0) is 35.6 Å². The Morgan fingerprint density at radius 3 is 2.81 bits per heavy atom. The number of amides is 1. The number of carbonyl (C=O) groups excluding carboxylic acids is 1. The van der Waals surface area contributed by atoms with Crippen LogP contribution in [0.1, 0.15) is 24.8 Å². The van der Waals surface area contributed by atoms with Gasteiger partial charge < -0.3 is 10.6 Å². The average Bonchev–Trinajstić information content (AvgIpc) is 2.50. The van der Waals surface area contributed by atoms with Crippen molar-refractivity contribution in [2.24, 2.45) is 5.73 Å². The van der Waals surface area contributed by atoms with Crippen LogP contribution in [0.5, 0.6) is 0 Å². The van der Waals surface area contributed by atoms with Crippen LogP contribution in [0.4, 0.5) is 5.69 Å². The molecule has 1 amide bonds. The Morgan fingerprint density at radius 2 is 1.95 bits per heavy atom. The molecule has 0 saturated heterocycles. The van der Waals surface area contributed by atoms with Gasteiger partial charge in [-0.15, -0.1) is 0 Å². The minimum atomic E-state index is 0.0890. The summed E-state index contributed by atoms with van der Waals surface area (Å²) in [6.07, 6.45) is 11.3. The Morgan fingerprint density at radius 1 is 1.14 bits per heavy atom. The molecule has 3 nitrogen and oxygen atoms in total. The number of fused-ring (bicyclic) bond motifs is 2. The number of rotatable bonds is 2. The van der Waals surface area contributed by atoms with Crippen LogP contribution in [0.25, 0.3) is 6.08 Å². The average molecular weight is 280 g/mol. The summed E-state index contributed by atoms with van der Waals surface area (Å²) in [4.78, 5) is 14.3. The molecule has 0 bridgehead atoms. The number of carbonyl (C=O) groups is 1. The van der Waals surface area contributed by atoms with E-state index in [-0.39, 0.29) is 5.91 Å². The second-order valence-electron chi connectivity index (χ2n) is 5.38. The van der Waals surface area contributed by atoms with Gasteiger partial charge in [0.1, 0.15) is 0 Å². The lowest BCUT2D eigenvalue weighted by molar-refractivity contribution is -0.118. The quantitative estimate of drug-likeness (QED) is 0.905. The normalized spacial score (nSPS) is 18.6. The predicted molar refractivity (Wildman–Crippen MR) is 86.9 cm³/mol. The minimum absolute atomic E-state index is 0.0890. The van der Waals surface area contributed by atoms with Gasteiger partial charge in [-0.3, -0.25) is 4.79 Å². The van der Waals surface area contributed by atoms with Gasteiger partial charge in [0, 0.05) is 13.0 Å². The molecular weight excluding hydrogens is 260 g/mol. The minimum Gasteiger partial charge on any atom is -0.330 e. The summed E-state index contributed by atoms with van der Waals surface area (Å²) in [5.74, 6) is 0.0890. The fourth-order valence-electron chi connectivity index (χ4n) is 2.87. The van der Waals surface area contributed by atoms with E-state index < -0.39 is 0 Å². The van der Waals surface area contributed by atoms with E-state index in [4.69, 9.17) is 5.73 Å². The zero-order valence-electron chi connectivity index (χ0n) is 12.1.